The molecule has 23 heavy (non-hydrogen) atoms. The van der Waals surface area contributed by atoms with E-state index in [-0.39, 0.29) is 0 Å². The molecule has 2 aliphatic rings. The van der Waals surface area contributed by atoms with E-state index >= 15 is 0 Å². The predicted molar refractivity (Wildman–Crippen MR) is 100 cm³/mol. The Morgan fingerprint density at radius 1 is 1.39 bits per heavy atom. The Bertz CT molecular complexity index is 374. The molecule has 2 fully saturated rings. The number of ether oxygens (including phenoxy) is 1. The predicted octanol–water partition coefficient (Wildman–Crippen LogP) is 1.75. The van der Waals surface area contributed by atoms with Gasteiger partial charge in [-0.2, -0.15) is 11.8 Å². The van der Waals surface area contributed by atoms with E-state index in [0.29, 0.717) is 5.25 Å². The van der Waals surface area contributed by atoms with E-state index in [1.807, 2.05) is 7.05 Å². The van der Waals surface area contributed by atoms with Crippen molar-refractivity contribution in [2.24, 2.45) is 10.9 Å². The number of guanidine groups is 1. The molecule has 0 aromatic carbocycles. The van der Waals surface area contributed by atoms with Gasteiger partial charge in [-0.25, -0.2) is 0 Å². The van der Waals surface area contributed by atoms with Gasteiger partial charge in [0.15, 0.2) is 5.96 Å². The summed E-state index contributed by atoms with van der Waals surface area (Å²) in [6.45, 7) is 10.7. The summed E-state index contributed by atoms with van der Waals surface area (Å²) in [5, 5.41) is 4.29. The number of rotatable bonds is 8. The number of hydrogen-bond acceptors (Lipinski definition) is 4. The second-order valence-electron chi connectivity index (χ2n) is 6.83. The molecule has 1 aliphatic heterocycles. The molecule has 0 radical (unpaired) electrons. The summed E-state index contributed by atoms with van der Waals surface area (Å²) in [5.74, 6) is 2.99. The number of methoxy groups -OCH3 is 1. The van der Waals surface area contributed by atoms with Gasteiger partial charge in [0.2, 0.25) is 0 Å². The minimum absolute atomic E-state index is 0.715. The van der Waals surface area contributed by atoms with Crippen LogP contribution >= 0.6 is 11.8 Å². The van der Waals surface area contributed by atoms with Crippen LogP contribution in [0.15, 0.2) is 4.99 Å². The molecule has 5 nitrogen and oxygen atoms in total. The summed E-state index contributed by atoms with van der Waals surface area (Å²) in [6.07, 6.45) is 2.69. The zero-order valence-electron chi connectivity index (χ0n) is 15.3. The van der Waals surface area contributed by atoms with Crippen LogP contribution < -0.4 is 5.32 Å². The molecule has 1 heterocycles. The second kappa shape index (κ2) is 9.74. The molecule has 134 valence electrons. The average molecular weight is 343 g/mol. The van der Waals surface area contributed by atoms with Crippen molar-refractivity contribution in [3.8, 4) is 0 Å². The van der Waals surface area contributed by atoms with Crippen LogP contribution in [-0.2, 0) is 4.74 Å². The van der Waals surface area contributed by atoms with Crippen molar-refractivity contribution in [1.82, 2.24) is 15.1 Å². The molecule has 1 saturated carbocycles. The first kappa shape index (κ1) is 18.9. The van der Waals surface area contributed by atoms with E-state index in [2.05, 4.69) is 45.7 Å². The highest BCUT2D eigenvalue weighted by atomic mass is 32.2. The van der Waals surface area contributed by atoms with Crippen LogP contribution in [-0.4, -0.2) is 86.3 Å². The Morgan fingerprint density at radius 2 is 2.17 bits per heavy atom. The molecule has 0 amide bonds. The lowest BCUT2D eigenvalue weighted by molar-refractivity contribution is 0.144. The van der Waals surface area contributed by atoms with Crippen molar-refractivity contribution in [2.75, 3.05) is 59.2 Å². The van der Waals surface area contributed by atoms with Crippen LogP contribution in [0.25, 0.3) is 0 Å². The van der Waals surface area contributed by atoms with Crippen LogP contribution in [0.3, 0.4) is 0 Å². The molecule has 2 rings (SSSR count). The van der Waals surface area contributed by atoms with Gasteiger partial charge < -0.3 is 15.0 Å². The molecule has 0 aromatic heterocycles. The van der Waals surface area contributed by atoms with Gasteiger partial charge in [0, 0.05) is 63.9 Å². The third kappa shape index (κ3) is 6.16. The average Bonchev–Trinajstić information content (AvgIpc) is 3.39. The lowest BCUT2D eigenvalue weighted by Gasteiger charge is -2.36. The van der Waals surface area contributed by atoms with Gasteiger partial charge in [0.05, 0.1) is 6.61 Å². The highest BCUT2D eigenvalue weighted by molar-refractivity contribution is 8.00. The van der Waals surface area contributed by atoms with Gasteiger partial charge in [-0.1, -0.05) is 13.8 Å². The zero-order valence-corrected chi connectivity index (χ0v) is 16.1. The number of aliphatic imine (C=N–C) groups is 1. The van der Waals surface area contributed by atoms with E-state index < -0.39 is 0 Å². The number of hydrogen-bond donors (Lipinski definition) is 1. The standard InChI is InChI=1S/C17H34N4OS/c1-14(2)16-13-21(10-12-23-16)17(18-3)19-7-8-20(9-11-22-4)15-5-6-15/h14-16H,5-13H2,1-4H3,(H,18,19). The van der Waals surface area contributed by atoms with Gasteiger partial charge in [0.25, 0.3) is 0 Å². The number of thioether (sulfide) groups is 1. The smallest absolute Gasteiger partial charge is 0.193 e. The lowest BCUT2D eigenvalue weighted by atomic mass is 10.1. The van der Waals surface area contributed by atoms with Gasteiger partial charge in [-0.15, -0.1) is 0 Å². The molecule has 1 unspecified atom stereocenters. The topological polar surface area (TPSA) is 40.1 Å². The minimum Gasteiger partial charge on any atom is -0.383 e. The highest BCUT2D eigenvalue weighted by Crippen LogP contribution is 2.26. The normalized spacial score (nSPS) is 23.0. The fourth-order valence-electron chi connectivity index (χ4n) is 3.04. The molecule has 1 aliphatic carbocycles. The Morgan fingerprint density at radius 3 is 2.78 bits per heavy atom. The lowest BCUT2D eigenvalue weighted by Crippen LogP contribution is -2.50. The maximum Gasteiger partial charge on any atom is 0.193 e. The van der Waals surface area contributed by atoms with Crippen molar-refractivity contribution in [1.29, 1.82) is 0 Å². The fraction of sp³-hybridized carbons (Fsp3) is 0.941. The minimum atomic E-state index is 0.715. The summed E-state index contributed by atoms with van der Waals surface area (Å²) >= 11 is 2.11. The van der Waals surface area contributed by atoms with Gasteiger partial charge in [-0.05, 0) is 18.8 Å². The summed E-state index contributed by atoms with van der Waals surface area (Å²) in [4.78, 5) is 9.48. The first-order chi connectivity index (χ1) is 11.2. The van der Waals surface area contributed by atoms with Gasteiger partial charge in [0.1, 0.15) is 0 Å². The fourth-order valence-corrected chi connectivity index (χ4v) is 4.34. The first-order valence-corrected chi connectivity index (χ1v) is 10.0. The molecule has 0 spiro atoms. The van der Waals surface area contributed by atoms with E-state index in [1.54, 1.807) is 7.11 Å². The van der Waals surface area contributed by atoms with Crippen molar-refractivity contribution in [3.05, 3.63) is 0 Å². The van der Waals surface area contributed by atoms with Crippen molar-refractivity contribution in [2.45, 2.75) is 38.0 Å². The first-order valence-electron chi connectivity index (χ1n) is 8.96. The monoisotopic (exact) mass is 342 g/mol. The summed E-state index contributed by atoms with van der Waals surface area (Å²) < 4.78 is 5.23. The van der Waals surface area contributed by atoms with E-state index in [0.717, 1.165) is 57.2 Å². The second-order valence-corrected chi connectivity index (χ2v) is 8.18. The van der Waals surface area contributed by atoms with Crippen molar-refractivity contribution in [3.63, 3.8) is 0 Å². The third-order valence-electron chi connectivity index (χ3n) is 4.68. The molecule has 1 N–H and O–H groups in total. The van der Waals surface area contributed by atoms with E-state index in [4.69, 9.17) is 4.74 Å². The van der Waals surface area contributed by atoms with Gasteiger partial charge in [-0.3, -0.25) is 9.89 Å². The van der Waals surface area contributed by atoms with Crippen LogP contribution in [0.4, 0.5) is 0 Å². The molecule has 1 atom stereocenters. The van der Waals surface area contributed by atoms with Crippen LogP contribution in [0, 0.1) is 5.92 Å². The molecule has 1 saturated heterocycles. The van der Waals surface area contributed by atoms with Crippen molar-refractivity contribution >= 4 is 17.7 Å². The van der Waals surface area contributed by atoms with Crippen LogP contribution in [0.1, 0.15) is 26.7 Å². The summed E-state index contributed by atoms with van der Waals surface area (Å²) in [7, 11) is 3.68. The van der Waals surface area contributed by atoms with E-state index in [9.17, 15) is 0 Å². The Kier molecular flexibility index (Phi) is 7.99. The zero-order chi connectivity index (χ0) is 16.7. The van der Waals surface area contributed by atoms with Gasteiger partial charge >= 0.3 is 0 Å². The third-order valence-corrected chi connectivity index (χ3v) is 6.22. The molecule has 0 bridgehead atoms. The number of nitrogens with zero attached hydrogens (tertiary/aromatic N) is 3. The highest BCUT2D eigenvalue weighted by Gasteiger charge is 2.28. The Balaban J connectivity index is 1.75. The van der Waals surface area contributed by atoms with E-state index in [1.165, 1.54) is 18.6 Å². The van der Waals surface area contributed by atoms with Crippen LogP contribution in [0.5, 0.6) is 0 Å². The maximum absolute atomic E-state index is 5.23. The molecule has 0 aromatic rings. The quantitative estimate of drug-likeness (QED) is 0.537. The molecular weight excluding hydrogens is 308 g/mol. The van der Waals surface area contributed by atoms with Crippen LogP contribution in [0.2, 0.25) is 0 Å². The summed E-state index contributed by atoms with van der Waals surface area (Å²) in [5.41, 5.74) is 0. The van der Waals surface area contributed by atoms with Crippen molar-refractivity contribution < 1.29 is 4.74 Å². The summed E-state index contributed by atoms with van der Waals surface area (Å²) in [6, 6.07) is 0.783. The molecule has 6 heteroatoms. The maximum atomic E-state index is 5.23. The Labute approximate surface area is 146 Å². The molecular formula is C17H34N4OS. The Hall–Kier alpha value is -0.460. The number of nitrogens with one attached hydrogen (secondary N) is 1. The SMILES string of the molecule is CN=C(NCCN(CCOC)C1CC1)N1CCSC(C(C)C)C1. The largest absolute Gasteiger partial charge is 0.383 e.